The van der Waals surface area contributed by atoms with Crippen LogP contribution in [0.25, 0.3) is 0 Å². The molecule has 0 aliphatic rings. The van der Waals surface area contributed by atoms with Crippen molar-refractivity contribution in [2.75, 3.05) is 0 Å². The van der Waals surface area contributed by atoms with Crippen molar-refractivity contribution in [3.63, 3.8) is 0 Å². The number of hydrogen-bond acceptors (Lipinski definition) is 8. The average Bonchev–Trinajstić information content (AvgIpc) is 2.65. The molecule has 0 amide bonds. The highest BCUT2D eigenvalue weighted by atomic mass is 32.2. The maximum Gasteiger partial charge on any atom is 0.337 e. The second-order valence-corrected chi connectivity index (χ2v) is 9.39. The highest BCUT2D eigenvalue weighted by molar-refractivity contribution is 7.87. The predicted octanol–water partition coefficient (Wildman–Crippen LogP) is 1.32. The monoisotopic (exact) mass is 458 g/mol. The van der Waals surface area contributed by atoms with Crippen LogP contribution in [0.5, 0.6) is 0 Å². The van der Waals surface area contributed by atoms with Crippen LogP contribution in [-0.4, -0.2) is 51.2 Å². The quantitative estimate of drug-likeness (QED) is 0.524. The molecule has 0 aromatic heterocycles. The van der Waals surface area contributed by atoms with E-state index in [0.717, 1.165) is 24.3 Å². The normalized spacial score (nSPS) is 14.1. The molecule has 0 unspecified atom stereocenters. The molecule has 30 heavy (non-hydrogen) atoms. The van der Waals surface area contributed by atoms with E-state index in [2.05, 4.69) is 8.37 Å². The molecule has 2 N–H and O–H groups in total. The van der Waals surface area contributed by atoms with Crippen molar-refractivity contribution >= 4 is 32.2 Å². The van der Waals surface area contributed by atoms with E-state index in [1.807, 2.05) is 0 Å². The Morgan fingerprint density at radius 2 is 0.933 bits per heavy atom. The first-order chi connectivity index (χ1) is 13.8. The van der Waals surface area contributed by atoms with E-state index in [1.165, 1.54) is 24.3 Å². The molecule has 0 saturated heterocycles. The Labute approximate surface area is 172 Å². The Bertz CT molecular complexity index is 1040. The summed E-state index contributed by atoms with van der Waals surface area (Å²) in [5.74, 6) is -4.09. The molecule has 0 aliphatic carbocycles. The van der Waals surface area contributed by atoms with Crippen LogP contribution >= 0.6 is 0 Å². The number of aliphatic carboxylic acids is 2. The van der Waals surface area contributed by atoms with Gasteiger partial charge in [0, 0.05) is 0 Å². The minimum atomic E-state index is -4.74. The lowest BCUT2D eigenvalue weighted by Gasteiger charge is -2.20. The molecular formula is C18H18O10S2. The fourth-order valence-electron chi connectivity index (χ4n) is 2.24. The maximum atomic E-state index is 12.4. The van der Waals surface area contributed by atoms with Crippen LogP contribution in [-0.2, 0) is 38.2 Å². The van der Waals surface area contributed by atoms with E-state index in [0.29, 0.717) is 11.1 Å². The average molecular weight is 458 g/mol. The van der Waals surface area contributed by atoms with Crippen LogP contribution in [0, 0.1) is 13.8 Å². The number of carbonyl (C=O) groups is 2. The van der Waals surface area contributed by atoms with Gasteiger partial charge < -0.3 is 10.2 Å². The highest BCUT2D eigenvalue weighted by Crippen LogP contribution is 2.22. The molecule has 0 saturated carbocycles. The zero-order valence-corrected chi connectivity index (χ0v) is 17.4. The second-order valence-electron chi connectivity index (χ2n) is 6.24. The van der Waals surface area contributed by atoms with Gasteiger partial charge in [-0.15, -0.1) is 0 Å². The van der Waals surface area contributed by atoms with Crippen molar-refractivity contribution in [2.45, 2.75) is 35.8 Å². The lowest BCUT2D eigenvalue weighted by atomic mass is 10.2. The predicted molar refractivity (Wildman–Crippen MR) is 102 cm³/mol. The summed E-state index contributed by atoms with van der Waals surface area (Å²) in [5.41, 5.74) is 1.42. The summed E-state index contributed by atoms with van der Waals surface area (Å²) in [6, 6.07) is 10.2. The van der Waals surface area contributed by atoms with Gasteiger partial charge in [-0.2, -0.15) is 16.8 Å². The third kappa shape index (κ3) is 5.63. The SMILES string of the molecule is Cc1ccc(S(=O)(=O)O[C@H](C(=O)O)[C@H](OS(=O)(=O)c2ccc(C)cc2)C(=O)O)cc1. The summed E-state index contributed by atoms with van der Waals surface area (Å²) < 4.78 is 58.6. The molecule has 162 valence electrons. The Morgan fingerprint density at radius 3 is 1.17 bits per heavy atom. The minimum absolute atomic E-state index is 0.440. The molecule has 12 heteroatoms. The number of rotatable bonds is 9. The van der Waals surface area contributed by atoms with Crippen molar-refractivity contribution in [3.8, 4) is 0 Å². The fourth-order valence-corrected chi connectivity index (χ4v) is 4.31. The first-order valence-electron chi connectivity index (χ1n) is 8.29. The fraction of sp³-hybridized carbons (Fsp3) is 0.222. The zero-order valence-electron chi connectivity index (χ0n) is 15.8. The van der Waals surface area contributed by atoms with Crippen LogP contribution in [0.2, 0.25) is 0 Å². The van der Waals surface area contributed by atoms with Gasteiger partial charge in [0.05, 0.1) is 9.79 Å². The Balaban J connectivity index is 2.38. The molecule has 2 atom stereocenters. The van der Waals surface area contributed by atoms with Gasteiger partial charge in [-0.05, 0) is 38.1 Å². The Kier molecular flexibility index (Phi) is 6.98. The third-order valence-corrected chi connectivity index (χ3v) is 6.46. The number of benzene rings is 2. The molecule has 2 rings (SSSR count). The maximum absolute atomic E-state index is 12.4. The van der Waals surface area contributed by atoms with Crippen molar-refractivity contribution in [1.29, 1.82) is 0 Å². The van der Waals surface area contributed by atoms with Gasteiger partial charge in [0.15, 0.2) is 0 Å². The first-order valence-corrected chi connectivity index (χ1v) is 11.1. The van der Waals surface area contributed by atoms with Crippen LogP contribution in [0.3, 0.4) is 0 Å². The number of carboxylic acids is 2. The van der Waals surface area contributed by atoms with Gasteiger partial charge in [-0.1, -0.05) is 35.4 Å². The van der Waals surface area contributed by atoms with Gasteiger partial charge in [-0.3, -0.25) is 0 Å². The van der Waals surface area contributed by atoms with Crippen molar-refractivity contribution in [3.05, 3.63) is 59.7 Å². The van der Waals surface area contributed by atoms with Crippen LogP contribution in [0.1, 0.15) is 11.1 Å². The third-order valence-electron chi connectivity index (χ3n) is 3.84. The smallest absolute Gasteiger partial charge is 0.337 e. The van der Waals surface area contributed by atoms with E-state index in [4.69, 9.17) is 0 Å². The van der Waals surface area contributed by atoms with Crippen LogP contribution in [0.15, 0.2) is 58.3 Å². The number of carboxylic acid groups (broad SMARTS) is 2. The van der Waals surface area contributed by atoms with Crippen LogP contribution < -0.4 is 0 Å². The first kappa shape index (κ1) is 23.5. The van der Waals surface area contributed by atoms with E-state index in [1.54, 1.807) is 13.8 Å². The summed E-state index contributed by atoms with van der Waals surface area (Å²) in [4.78, 5) is 22.2. The van der Waals surface area contributed by atoms with Crippen LogP contribution in [0.4, 0.5) is 0 Å². The summed E-state index contributed by atoms with van der Waals surface area (Å²) in [6.45, 7) is 3.36. The van der Waals surface area contributed by atoms with E-state index < -0.39 is 54.2 Å². The molecule has 0 fully saturated rings. The van der Waals surface area contributed by atoms with Crippen molar-refractivity contribution < 1.29 is 45.0 Å². The van der Waals surface area contributed by atoms with Gasteiger partial charge in [0.1, 0.15) is 0 Å². The van der Waals surface area contributed by atoms with E-state index >= 15 is 0 Å². The number of hydrogen-bond donors (Lipinski definition) is 2. The minimum Gasteiger partial charge on any atom is -0.479 e. The van der Waals surface area contributed by atoms with Gasteiger partial charge >= 0.3 is 11.9 Å². The van der Waals surface area contributed by atoms with Gasteiger partial charge in [0.2, 0.25) is 12.2 Å². The number of aryl methyl sites for hydroxylation is 2. The largest absolute Gasteiger partial charge is 0.479 e. The lowest BCUT2D eigenvalue weighted by Crippen LogP contribution is -2.45. The second kappa shape index (κ2) is 8.92. The molecule has 0 radical (unpaired) electrons. The van der Waals surface area contributed by atoms with Crippen molar-refractivity contribution in [1.82, 2.24) is 0 Å². The lowest BCUT2D eigenvalue weighted by molar-refractivity contribution is -0.161. The van der Waals surface area contributed by atoms with E-state index in [9.17, 15) is 36.6 Å². The molecular weight excluding hydrogens is 440 g/mol. The van der Waals surface area contributed by atoms with Gasteiger partial charge in [-0.25, -0.2) is 18.0 Å². The summed E-state index contributed by atoms with van der Waals surface area (Å²) in [5, 5.41) is 18.6. The topological polar surface area (TPSA) is 161 Å². The molecule has 0 heterocycles. The summed E-state index contributed by atoms with van der Waals surface area (Å²) >= 11 is 0. The standard InChI is InChI=1S/C18H18O10S2/c1-11-3-7-13(8-4-11)29(23,24)27-15(17(19)20)16(18(21)22)28-30(25,26)14-9-5-12(2)6-10-14/h3-10,15-16H,1-2H3,(H,19,20)(H,21,22)/t15-,16-/m0/s1. The Morgan fingerprint density at radius 1 is 0.667 bits per heavy atom. The summed E-state index contributed by atoms with van der Waals surface area (Å²) in [6.07, 6.45) is -5.34. The summed E-state index contributed by atoms with van der Waals surface area (Å²) in [7, 11) is -9.49. The Hall–Kier alpha value is -2.80. The molecule has 0 spiro atoms. The zero-order chi connectivity index (χ0) is 22.7. The highest BCUT2D eigenvalue weighted by Gasteiger charge is 2.43. The molecule has 2 aromatic carbocycles. The molecule has 2 aromatic rings. The molecule has 0 bridgehead atoms. The van der Waals surface area contributed by atoms with Crippen molar-refractivity contribution in [2.24, 2.45) is 0 Å². The molecule has 10 nitrogen and oxygen atoms in total. The van der Waals surface area contributed by atoms with Gasteiger partial charge in [0.25, 0.3) is 20.2 Å². The molecule has 0 aliphatic heterocycles. The van der Waals surface area contributed by atoms with E-state index in [-0.39, 0.29) is 0 Å².